The smallest absolute Gasteiger partial charge is 0.227 e. The van der Waals surface area contributed by atoms with Crippen molar-refractivity contribution in [1.82, 2.24) is 15.5 Å². The van der Waals surface area contributed by atoms with Crippen LogP contribution in [0.2, 0.25) is 0 Å². The minimum atomic E-state index is -0.0493. The third-order valence-electron chi connectivity index (χ3n) is 4.26. The lowest BCUT2D eigenvalue weighted by Gasteiger charge is -2.17. The molecule has 1 aliphatic heterocycles. The van der Waals surface area contributed by atoms with Gasteiger partial charge in [-0.25, -0.2) is 0 Å². The molecule has 2 aromatic rings. The van der Waals surface area contributed by atoms with Gasteiger partial charge >= 0.3 is 0 Å². The second kappa shape index (κ2) is 8.62. The maximum absolute atomic E-state index is 11.7. The van der Waals surface area contributed by atoms with Crippen LogP contribution in [0.3, 0.4) is 0 Å². The molecule has 0 bridgehead atoms. The number of carbonyl (C=O) groups excluding carboxylic acids is 1. The van der Waals surface area contributed by atoms with E-state index in [1.54, 1.807) is 7.11 Å². The van der Waals surface area contributed by atoms with E-state index in [4.69, 9.17) is 9.26 Å². The van der Waals surface area contributed by atoms with E-state index < -0.39 is 0 Å². The lowest BCUT2D eigenvalue weighted by Crippen LogP contribution is -2.27. The topological polar surface area (TPSA) is 80.5 Å². The number of carbonyl (C=O) groups is 1. The van der Waals surface area contributed by atoms with Gasteiger partial charge in [0.25, 0.3) is 0 Å². The number of hydrogen-bond acceptors (Lipinski definition) is 6. The first kappa shape index (κ1) is 17.4. The van der Waals surface area contributed by atoms with Gasteiger partial charge in [0.2, 0.25) is 17.6 Å². The molecule has 25 heavy (non-hydrogen) atoms. The Morgan fingerprint density at radius 2 is 2.04 bits per heavy atom. The maximum atomic E-state index is 11.7. The SMILES string of the molecule is COCCNC(=O)CCc1nc(-c2ccc(N3CCCC3)cc2)no1. The van der Waals surface area contributed by atoms with Crippen LogP contribution in [-0.2, 0) is 16.0 Å². The molecule has 0 saturated carbocycles. The summed E-state index contributed by atoms with van der Waals surface area (Å²) in [5.74, 6) is 0.982. The number of nitrogens with zero attached hydrogens (tertiary/aromatic N) is 3. The van der Waals surface area contributed by atoms with Gasteiger partial charge in [-0.05, 0) is 37.1 Å². The van der Waals surface area contributed by atoms with E-state index in [1.807, 2.05) is 12.1 Å². The van der Waals surface area contributed by atoms with Crippen molar-refractivity contribution in [3.63, 3.8) is 0 Å². The lowest BCUT2D eigenvalue weighted by molar-refractivity contribution is -0.121. The fraction of sp³-hybridized carbons (Fsp3) is 0.500. The molecule has 7 heteroatoms. The molecule has 1 aromatic carbocycles. The number of anilines is 1. The molecule has 0 spiro atoms. The Kier molecular flexibility index (Phi) is 6.00. The number of aromatic nitrogens is 2. The summed E-state index contributed by atoms with van der Waals surface area (Å²) in [5, 5.41) is 6.78. The van der Waals surface area contributed by atoms with E-state index >= 15 is 0 Å². The summed E-state index contributed by atoms with van der Waals surface area (Å²) < 4.78 is 10.1. The van der Waals surface area contributed by atoms with E-state index in [1.165, 1.54) is 18.5 Å². The third kappa shape index (κ3) is 4.79. The zero-order valence-electron chi connectivity index (χ0n) is 14.5. The third-order valence-corrected chi connectivity index (χ3v) is 4.26. The Labute approximate surface area is 147 Å². The van der Waals surface area contributed by atoms with Gasteiger partial charge in [0, 0.05) is 50.8 Å². The Balaban J connectivity index is 1.53. The van der Waals surface area contributed by atoms with Crippen molar-refractivity contribution >= 4 is 11.6 Å². The van der Waals surface area contributed by atoms with Crippen molar-refractivity contribution in [3.8, 4) is 11.4 Å². The number of hydrogen-bond donors (Lipinski definition) is 1. The summed E-state index contributed by atoms with van der Waals surface area (Å²) in [5.41, 5.74) is 2.15. The molecule has 2 heterocycles. The van der Waals surface area contributed by atoms with Crippen molar-refractivity contribution in [2.45, 2.75) is 25.7 Å². The van der Waals surface area contributed by atoms with Crippen LogP contribution in [0.4, 0.5) is 5.69 Å². The van der Waals surface area contributed by atoms with E-state index in [-0.39, 0.29) is 5.91 Å². The van der Waals surface area contributed by atoms with Crippen molar-refractivity contribution in [1.29, 1.82) is 0 Å². The molecule has 1 N–H and O–H groups in total. The van der Waals surface area contributed by atoms with Crippen LogP contribution >= 0.6 is 0 Å². The molecule has 1 saturated heterocycles. The van der Waals surface area contributed by atoms with E-state index in [9.17, 15) is 4.79 Å². The van der Waals surface area contributed by atoms with E-state index in [0.717, 1.165) is 18.7 Å². The quantitative estimate of drug-likeness (QED) is 0.738. The number of methoxy groups -OCH3 is 1. The number of ether oxygens (including phenoxy) is 1. The van der Waals surface area contributed by atoms with Crippen LogP contribution in [0.25, 0.3) is 11.4 Å². The van der Waals surface area contributed by atoms with Gasteiger partial charge in [0.15, 0.2) is 0 Å². The first-order valence-electron chi connectivity index (χ1n) is 8.70. The molecule has 1 aromatic heterocycles. The second-order valence-corrected chi connectivity index (χ2v) is 6.10. The normalized spacial score (nSPS) is 14.0. The average molecular weight is 344 g/mol. The minimum Gasteiger partial charge on any atom is -0.383 e. The highest BCUT2D eigenvalue weighted by Gasteiger charge is 2.14. The van der Waals surface area contributed by atoms with Crippen LogP contribution < -0.4 is 10.2 Å². The van der Waals surface area contributed by atoms with Gasteiger partial charge in [0.05, 0.1) is 6.61 Å². The average Bonchev–Trinajstić information content (AvgIpc) is 3.32. The molecule has 0 unspecified atom stereocenters. The van der Waals surface area contributed by atoms with Crippen LogP contribution in [0.1, 0.15) is 25.2 Å². The number of nitrogens with one attached hydrogen (secondary N) is 1. The predicted octanol–water partition coefficient (Wildman–Crippen LogP) is 2.03. The summed E-state index contributed by atoms with van der Waals surface area (Å²) in [6.07, 6.45) is 3.26. The minimum absolute atomic E-state index is 0.0493. The van der Waals surface area contributed by atoms with Crippen LogP contribution in [0, 0.1) is 0 Å². The molecule has 134 valence electrons. The van der Waals surface area contributed by atoms with Gasteiger partial charge in [-0.2, -0.15) is 4.98 Å². The Hall–Kier alpha value is -2.41. The summed E-state index contributed by atoms with van der Waals surface area (Å²) in [7, 11) is 1.60. The molecule has 0 aliphatic carbocycles. The van der Waals surface area contributed by atoms with Crippen molar-refractivity contribution in [2.24, 2.45) is 0 Å². The van der Waals surface area contributed by atoms with Crippen molar-refractivity contribution < 1.29 is 14.1 Å². The molecule has 1 amide bonds. The van der Waals surface area contributed by atoms with Gasteiger partial charge in [-0.3, -0.25) is 4.79 Å². The first-order chi connectivity index (χ1) is 12.3. The number of benzene rings is 1. The molecule has 1 fully saturated rings. The fourth-order valence-electron chi connectivity index (χ4n) is 2.87. The first-order valence-corrected chi connectivity index (χ1v) is 8.70. The molecule has 0 radical (unpaired) electrons. The van der Waals surface area contributed by atoms with Gasteiger partial charge in [-0.1, -0.05) is 5.16 Å². The lowest BCUT2D eigenvalue weighted by atomic mass is 10.2. The van der Waals surface area contributed by atoms with Crippen LogP contribution in [-0.4, -0.2) is 49.4 Å². The summed E-state index contributed by atoms with van der Waals surface area (Å²) in [6, 6.07) is 8.22. The monoisotopic (exact) mass is 344 g/mol. The molecular weight excluding hydrogens is 320 g/mol. The summed E-state index contributed by atoms with van der Waals surface area (Å²) in [4.78, 5) is 18.4. The Morgan fingerprint density at radius 1 is 1.28 bits per heavy atom. The van der Waals surface area contributed by atoms with Gasteiger partial charge < -0.3 is 19.5 Å². The highest BCUT2D eigenvalue weighted by atomic mass is 16.5. The number of amides is 1. The standard InChI is InChI=1S/C18H24N4O3/c1-24-13-10-19-16(23)8-9-17-20-18(21-25-17)14-4-6-15(7-5-14)22-11-2-3-12-22/h4-7H,2-3,8-13H2,1H3,(H,19,23). The second-order valence-electron chi connectivity index (χ2n) is 6.10. The summed E-state index contributed by atoms with van der Waals surface area (Å²) in [6.45, 7) is 3.26. The van der Waals surface area contributed by atoms with Gasteiger partial charge in [0.1, 0.15) is 0 Å². The highest BCUT2D eigenvalue weighted by molar-refractivity contribution is 5.76. The largest absolute Gasteiger partial charge is 0.383 e. The Bertz CT molecular complexity index is 678. The van der Waals surface area contributed by atoms with Crippen molar-refractivity contribution in [3.05, 3.63) is 30.2 Å². The van der Waals surface area contributed by atoms with Crippen LogP contribution in [0.15, 0.2) is 28.8 Å². The van der Waals surface area contributed by atoms with Crippen molar-refractivity contribution in [2.75, 3.05) is 38.3 Å². The number of aryl methyl sites for hydroxylation is 1. The van der Waals surface area contributed by atoms with E-state index in [2.05, 4.69) is 32.5 Å². The highest BCUT2D eigenvalue weighted by Crippen LogP contribution is 2.24. The molecule has 7 nitrogen and oxygen atoms in total. The zero-order valence-corrected chi connectivity index (χ0v) is 14.5. The molecular formula is C18H24N4O3. The maximum Gasteiger partial charge on any atom is 0.227 e. The molecule has 0 atom stereocenters. The van der Waals surface area contributed by atoms with Crippen LogP contribution in [0.5, 0.6) is 0 Å². The molecule has 1 aliphatic rings. The number of rotatable bonds is 8. The van der Waals surface area contributed by atoms with E-state index in [0.29, 0.717) is 37.7 Å². The Morgan fingerprint density at radius 3 is 2.76 bits per heavy atom. The fourth-order valence-corrected chi connectivity index (χ4v) is 2.87. The zero-order chi connectivity index (χ0) is 17.5. The predicted molar refractivity (Wildman–Crippen MR) is 94.4 cm³/mol. The van der Waals surface area contributed by atoms with Gasteiger partial charge in [-0.15, -0.1) is 0 Å². The summed E-state index contributed by atoms with van der Waals surface area (Å²) >= 11 is 0. The molecule has 3 rings (SSSR count).